The Morgan fingerprint density at radius 3 is 2.30 bits per heavy atom. The lowest BCUT2D eigenvalue weighted by Gasteiger charge is -2.19. The number of carbonyl (C=O) groups excluding carboxylic acids is 2. The third kappa shape index (κ3) is 3.03. The van der Waals surface area contributed by atoms with Crippen molar-refractivity contribution in [3.05, 3.63) is 23.5 Å². The minimum Gasteiger partial charge on any atom is -0.345 e. The molecule has 1 N–H and O–H groups in total. The summed E-state index contributed by atoms with van der Waals surface area (Å²) >= 11 is 0. The van der Waals surface area contributed by atoms with Crippen molar-refractivity contribution in [2.45, 2.75) is 39.7 Å². The average Bonchev–Trinajstić information content (AvgIpc) is 3.05. The van der Waals surface area contributed by atoms with Crippen LogP contribution in [0.4, 0.5) is 0 Å². The van der Waals surface area contributed by atoms with Crippen LogP contribution in [0.1, 0.15) is 37.2 Å². The van der Waals surface area contributed by atoms with Crippen molar-refractivity contribution in [3.8, 4) is 0 Å². The fourth-order valence-electron chi connectivity index (χ4n) is 2.80. The van der Waals surface area contributed by atoms with E-state index in [0.717, 1.165) is 37.3 Å². The van der Waals surface area contributed by atoms with Crippen LogP contribution in [0.3, 0.4) is 0 Å². The van der Waals surface area contributed by atoms with Gasteiger partial charge in [-0.15, -0.1) is 0 Å². The Morgan fingerprint density at radius 2 is 1.75 bits per heavy atom. The second-order valence-electron chi connectivity index (χ2n) is 5.47. The summed E-state index contributed by atoms with van der Waals surface area (Å²) in [5, 5.41) is 2.75. The number of hydrogen-bond acceptors (Lipinski definition) is 2. The zero-order valence-corrected chi connectivity index (χ0v) is 12.5. The number of nitrogens with zero attached hydrogens (tertiary/aromatic N) is 2. The first kappa shape index (κ1) is 14.6. The predicted molar refractivity (Wildman–Crippen MR) is 77.4 cm³/mol. The van der Waals surface area contributed by atoms with Crippen LogP contribution in [0.5, 0.6) is 0 Å². The molecule has 2 heterocycles. The van der Waals surface area contributed by atoms with E-state index in [1.54, 1.807) is 0 Å². The Bertz CT molecular complexity index is 482. The molecule has 5 heteroatoms. The number of aryl methyl sites for hydroxylation is 2. The third-order valence-electron chi connectivity index (χ3n) is 3.97. The quantitative estimate of drug-likeness (QED) is 0.904. The summed E-state index contributed by atoms with van der Waals surface area (Å²) in [6.45, 7) is 7.55. The van der Waals surface area contributed by atoms with Crippen LogP contribution in [0.25, 0.3) is 0 Å². The van der Waals surface area contributed by atoms with E-state index in [1.807, 2.05) is 42.4 Å². The van der Waals surface area contributed by atoms with Gasteiger partial charge in [0.2, 0.25) is 11.8 Å². The molecule has 110 valence electrons. The number of hydrogen-bond donors (Lipinski definition) is 1. The van der Waals surface area contributed by atoms with Crippen molar-refractivity contribution < 1.29 is 9.59 Å². The summed E-state index contributed by atoms with van der Waals surface area (Å²) in [6, 6.07) is 3.69. The van der Waals surface area contributed by atoms with E-state index in [-0.39, 0.29) is 24.4 Å². The van der Waals surface area contributed by atoms with Crippen LogP contribution in [-0.4, -0.2) is 40.9 Å². The van der Waals surface area contributed by atoms with Gasteiger partial charge in [0.15, 0.2) is 0 Å². The molecule has 1 saturated heterocycles. The van der Waals surface area contributed by atoms with Crippen molar-refractivity contribution >= 4 is 11.8 Å². The topological polar surface area (TPSA) is 54.3 Å². The van der Waals surface area contributed by atoms with Gasteiger partial charge in [-0.05, 0) is 45.7 Å². The molecule has 1 unspecified atom stereocenters. The zero-order valence-electron chi connectivity index (χ0n) is 12.5. The zero-order chi connectivity index (χ0) is 14.7. The van der Waals surface area contributed by atoms with Crippen LogP contribution < -0.4 is 5.32 Å². The Labute approximate surface area is 119 Å². The van der Waals surface area contributed by atoms with Gasteiger partial charge in [-0.2, -0.15) is 0 Å². The van der Waals surface area contributed by atoms with Crippen LogP contribution in [0.15, 0.2) is 12.1 Å². The first-order valence-electron chi connectivity index (χ1n) is 7.20. The first-order chi connectivity index (χ1) is 9.50. The van der Waals surface area contributed by atoms with E-state index in [4.69, 9.17) is 0 Å². The Hall–Kier alpha value is -1.78. The molecule has 0 radical (unpaired) electrons. The number of carbonyl (C=O) groups is 2. The standard InChI is InChI=1S/C15H23N3O2/c1-11-6-7-12(2)18(11)13(3)15(20)16-10-14(19)17-8-4-5-9-17/h6-7,13H,4-5,8-10H2,1-3H3,(H,16,20). The van der Waals surface area contributed by atoms with Gasteiger partial charge < -0.3 is 14.8 Å². The highest BCUT2D eigenvalue weighted by Crippen LogP contribution is 2.15. The molecular weight excluding hydrogens is 254 g/mol. The van der Waals surface area contributed by atoms with Gasteiger partial charge >= 0.3 is 0 Å². The first-order valence-corrected chi connectivity index (χ1v) is 7.20. The molecule has 0 bridgehead atoms. The highest BCUT2D eigenvalue weighted by Gasteiger charge is 2.21. The van der Waals surface area contributed by atoms with Gasteiger partial charge in [0.1, 0.15) is 6.04 Å². The molecule has 0 aliphatic carbocycles. The lowest BCUT2D eigenvalue weighted by molar-refractivity contribution is -0.132. The van der Waals surface area contributed by atoms with Gasteiger partial charge in [0, 0.05) is 24.5 Å². The lowest BCUT2D eigenvalue weighted by atomic mass is 10.3. The molecule has 20 heavy (non-hydrogen) atoms. The monoisotopic (exact) mass is 277 g/mol. The molecule has 5 nitrogen and oxygen atoms in total. The largest absolute Gasteiger partial charge is 0.345 e. The maximum Gasteiger partial charge on any atom is 0.243 e. The van der Waals surface area contributed by atoms with Gasteiger partial charge in [-0.1, -0.05) is 0 Å². The van der Waals surface area contributed by atoms with Crippen molar-refractivity contribution in [1.82, 2.24) is 14.8 Å². The molecular formula is C15H23N3O2. The van der Waals surface area contributed by atoms with Crippen molar-refractivity contribution in [3.63, 3.8) is 0 Å². The highest BCUT2D eigenvalue weighted by molar-refractivity contribution is 5.86. The summed E-state index contributed by atoms with van der Waals surface area (Å²) in [5.41, 5.74) is 2.10. The van der Waals surface area contributed by atoms with Crippen LogP contribution >= 0.6 is 0 Å². The Morgan fingerprint density at radius 1 is 1.20 bits per heavy atom. The molecule has 1 aromatic heterocycles. The smallest absolute Gasteiger partial charge is 0.243 e. The average molecular weight is 277 g/mol. The molecule has 0 saturated carbocycles. The second-order valence-corrected chi connectivity index (χ2v) is 5.47. The van der Waals surface area contributed by atoms with Gasteiger partial charge in [0.05, 0.1) is 6.54 Å². The highest BCUT2D eigenvalue weighted by atomic mass is 16.2. The molecule has 0 spiro atoms. The molecule has 2 amide bonds. The van der Waals surface area contributed by atoms with Gasteiger partial charge in [0.25, 0.3) is 0 Å². The summed E-state index contributed by atoms with van der Waals surface area (Å²) in [4.78, 5) is 25.9. The van der Waals surface area contributed by atoms with Crippen LogP contribution in [-0.2, 0) is 9.59 Å². The maximum absolute atomic E-state index is 12.2. The number of amides is 2. The maximum atomic E-state index is 12.2. The Kier molecular flexibility index (Phi) is 4.47. The number of aromatic nitrogens is 1. The summed E-state index contributed by atoms with van der Waals surface area (Å²) in [7, 11) is 0. The lowest BCUT2D eigenvalue weighted by Crippen LogP contribution is -2.41. The van der Waals surface area contributed by atoms with Crippen molar-refractivity contribution in [1.29, 1.82) is 0 Å². The molecule has 1 aliphatic heterocycles. The predicted octanol–water partition coefficient (Wildman–Crippen LogP) is 1.40. The van der Waals surface area contributed by atoms with Gasteiger partial charge in [-0.3, -0.25) is 9.59 Å². The second kappa shape index (κ2) is 6.11. The van der Waals surface area contributed by atoms with E-state index in [0.29, 0.717) is 0 Å². The fourth-order valence-corrected chi connectivity index (χ4v) is 2.80. The summed E-state index contributed by atoms with van der Waals surface area (Å²) < 4.78 is 1.98. The minimum atomic E-state index is -0.295. The normalized spacial score (nSPS) is 16.2. The van der Waals surface area contributed by atoms with Gasteiger partial charge in [-0.25, -0.2) is 0 Å². The van der Waals surface area contributed by atoms with E-state index in [1.165, 1.54) is 0 Å². The summed E-state index contributed by atoms with van der Waals surface area (Å²) in [5.74, 6) is -0.0936. The molecule has 0 aromatic carbocycles. The fraction of sp³-hybridized carbons (Fsp3) is 0.600. The molecule has 1 fully saturated rings. The number of rotatable bonds is 4. The number of nitrogens with one attached hydrogen (secondary N) is 1. The van der Waals surface area contributed by atoms with Crippen molar-refractivity contribution in [2.24, 2.45) is 0 Å². The number of likely N-dealkylation sites (tertiary alicyclic amines) is 1. The third-order valence-corrected chi connectivity index (χ3v) is 3.97. The van der Waals surface area contributed by atoms with Crippen LogP contribution in [0.2, 0.25) is 0 Å². The molecule has 1 atom stereocenters. The van der Waals surface area contributed by atoms with E-state index >= 15 is 0 Å². The summed E-state index contributed by atoms with van der Waals surface area (Å²) in [6.07, 6.45) is 2.13. The molecule has 2 rings (SSSR count). The van der Waals surface area contributed by atoms with Crippen LogP contribution in [0, 0.1) is 13.8 Å². The van der Waals surface area contributed by atoms with E-state index < -0.39 is 0 Å². The molecule has 1 aromatic rings. The Balaban J connectivity index is 1.90. The van der Waals surface area contributed by atoms with E-state index in [2.05, 4.69) is 5.32 Å². The SMILES string of the molecule is Cc1ccc(C)n1C(C)C(=O)NCC(=O)N1CCCC1. The minimum absolute atomic E-state index is 0.0176. The van der Waals surface area contributed by atoms with E-state index in [9.17, 15) is 9.59 Å². The molecule has 1 aliphatic rings. The van der Waals surface area contributed by atoms with Crippen molar-refractivity contribution in [2.75, 3.05) is 19.6 Å².